The summed E-state index contributed by atoms with van der Waals surface area (Å²) in [6.07, 6.45) is 3.99. The highest BCUT2D eigenvalue weighted by atomic mass is 32.2. The molecule has 0 bridgehead atoms. The summed E-state index contributed by atoms with van der Waals surface area (Å²) in [5.74, 6) is -0.357. The van der Waals surface area contributed by atoms with Gasteiger partial charge in [-0.2, -0.15) is 8.78 Å². The molecule has 2 aromatic heterocycles. The molecule has 9 heteroatoms. The number of nitrogens with two attached hydrogens (primary N) is 1. The van der Waals surface area contributed by atoms with Crippen LogP contribution < -0.4 is 10.5 Å². The van der Waals surface area contributed by atoms with Crippen LogP contribution in [-0.2, 0) is 10.3 Å². The number of aliphatic imine (C=N–C) groups is 1. The molecule has 0 radical (unpaired) electrons. The van der Waals surface area contributed by atoms with Crippen LogP contribution in [0, 0.1) is 11.9 Å². The Bertz CT molecular complexity index is 1440. The lowest BCUT2D eigenvalue weighted by Crippen LogP contribution is -2.31. The van der Waals surface area contributed by atoms with Crippen molar-refractivity contribution < 1.29 is 18.3 Å². The number of halogens is 2. The first-order valence-electron chi connectivity index (χ1n) is 11.2. The van der Waals surface area contributed by atoms with Gasteiger partial charge in [-0.25, -0.2) is 15.0 Å². The van der Waals surface area contributed by atoms with Crippen molar-refractivity contribution in [1.82, 2.24) is 9.97 Å². The molecule has 3 aromatic rings. The van der Waals surface area contributed by atoms with E-state index in [9.17, 15) is 4.39 Å². The van der Waals surface area contributed by atoms with Crippen molar-refractivity contribution in [2.75, 3.05) is 12.4 Å². The fourth-order valence-electron chi connectivity index (χ4n) is 4.90. The molecule has 1 atom stereocenters. The fourth-order valence-corrected chi connectivity index (χ4v) is 5.86. The molecule has 0 aliphatic carbocycles. The number of fused-ring (bicyclic) bond motifs is 4. The fraction of sp³-hybridized carbons (Fsp3) is 0.269. The molecule has 0 saturated carbocycles. The van der Waals surface area contributed by atoms with Gasteiger partial charge < -0.3 is 15.2 Å². The average molecular weight is 493 g/mol. The number of ether oxygens (including phenoxy) is 2. The zero-order valence-electron chi connectivity index (χ0n) is 19.1. The predicted molar refractivity (Wildman–Crippen MR) is 131 cm³/mol. The molecule has 0 amide bonds. The Balaban J connectivity index is 1.56. The van der Waals surface area contributed by atoms with Gasteiger partial charge in [0.25, 0.3) is 5.95 Å². The van der Waals surface area contributed by atoms with Gasteiger partial charge in [-0.15, -0.1) is 0 Å². The van der Waals surface area contributed by atoms with E-state index in [1.807, 2.05) is 32.1 Å². The molecule has 0 fully saturated rings. The maximum Gasteiger partial charge on any atom is 0.256 e. The molecule has 0 saturated heterocycles. The second kappa shape index (κ2) is 7.86. The number of pyridine rings is 2. The molecule has 3 aliphatic rings. The second-order valence-corrected chi connectivity index (χ2v) is 10.3. The zero-order valence-corrected chi connectivity index (χ0v) is 20.0. The topological polar surface area (TPSA) is 82.6 Å². The number of thioether (sulfide) groups is 1. The Labute approximate surface area is 205 Å². The maximum atomic E-state index is 15.5. The lowest BCUT2D eigenvalue weighted by Gasteiger charge is -2.35. The average Bonchev–Trinajstić information content (AvgIpc) is 3.21. The molecule has 1 aromatic carbocycles. The van der Waals surface area contributed by atoms with Crippen molar-refractivity contribution in [2.45, 2.75) is 31.4 Å². The van der Waals surface area contributed by atoms with E-state index in [1.54, 1.807) is 24.3 Å². The van der Waals surface area contributed by atoms with Crippen molar-refractivity contribution in [3.8, 4) is 22.6 Å². The first kappa shape index (κ1) is 22.2. The molecule has 3 aliphatic heterocycles. The number of benzene rings is 1. The van der Waals surface area contributed by atoms with E-state index >= 15 is 4.39 Å². The van der Waals surface area contributed by atoms with E-state index in [1.165, 1.54) is 18.0 Å². The summed E-state index contributed by atoms with van der Waals surface area (Å²) in [5.41, 5.74) is 8.31. The summed E-state index contributed by atoms with van der Waals surface area (Å²) in [6, 6.07) is 10.4. The van der Waals surface area contributed by atoms with Crippen LogP contribution in [0.5, 0.6) is 11.5 Å². The Morgan fingerprint density at radius 3 is 2.69 bits per heavy atom. The van der Waals surface area contributed by atoms with Crippen LogP contribution in [0.25, 0.3) is 16.7 Å². The standard InChI is InChI=1S/C26H22F2N4O2S/c1-25(2)12-15(7-9-33-25)19-11-18-21(23(28)31-19)34-20-6-5-14(16-4-3-8-30-22(16)27)10-17(20)26(18)13-35-24(29)32-26/h3-6,8,10-12H,7,9,13H2,1-2H3,(H2,29,32)/t26-/m0/s1. The molecule has 2 N–H and O–H groups in total. The van der Waals surface area contributed by atoms with Crippen molar-refractivity contribution in [3.63, 3.8) is 0 Å². The van der Waals surface area contributed by atoms with E-state index in [4.69, 9.17) is 20.2 Å². The van der Waals surface area contributed by atoms with Gasteiger partial charge >= 0.3 is 0 Å². The second-order valence-electron chi connectivity index (χ2n) is 9.30. The summed E-state index contributed by atoms with van der Waals surface area (Å²) < 4.78 is 41.8. The maximum absolute atomic E-state index is 15.5. The summed E-state index contributed by atoms with van der Waals surface area (Å²) in [6.45, 7) is 4.43. The lowest BCUT2D eigenvalue weighted by molar-refractivity contribution is 0.0164. The molecule has 6 rings (SSSR count). The smallest absolute Gasteiger partial charge is 0.256 e. The van der Waals surface area contributed by atoms with Crippen LogP contribution in [0.4, 0.5) is 8.78 Å². The minimum Gasteiger partial charge on any atom is -0.452 e. The summed E-state index contributed by atoms with van der Waals surface area (Å²) in [7, 11) is 0. The number of aromatic nitrogens is 2. The SMILES string of the molecule is CC1(C)C=C(c2cc3c(c(F)n2)Oc2ccc(-c4cccnc4F)cc2[C@@]32CSC(N)=N2)CCO1. The van der Waals surface area contributed by atoms with Gasteiger partial charge in [0.05, 0.1) is 17.9 Å². The van der Waals surface area contributed by atoms with Crippen molar-refractivity contribution >= 4 is 22.5 Å². The number of hydrogen-bond donors (Lipinski definition) is 1. The molecule has 1 spiro atoms. The Hall–Kier alpha value is -3.30. The van der Waals surface area contributed by atoms with Crippen LogP contribution in [0.2, 0.25) is 0 Å². The number of amidine groups is 1. The monoisotopic (exact) mass is 492 g/mol. The summed E-state index contributed by atoms with van der Waals surface area (Å²) in [5, 5.41) is 0.395. The third-order valence-corrected chi connectivity index (χ3v) is 7.46. The van der Waals surface area contributed by atoms with E-state index in [0.717, 1.165) is 5.57 Å². The van der Waals surface area contributed by atoms with Gasteiger partial charge in [0.15, 0.2) is 10.9 Å². The number of hydrogen-bond acceptors (Lipinski definition) is 7. The normalized spacial score (nSPS) is 22.2. The predicted octanol–water partition coefficient (Wildman–Crippen LogP) is 5.41. The molecular weight excluding hydrogens is 470 g/mol. The van der Waals surface area contributed by atoms with Gasteiger partial charge in [0, 0.05) is 28.6 Å². The van der Waals surface area contributed by atoms with E-state index in [2.05, 4.69) is 9.97 Å². The Kier molecular flexibility index (Phi) is 4.98. The van der Waals surface area contributed by atoms with Crippen LogP contribution in [0.3, 0.4) is 0 Å². The third-order valence-electron chi connectivity index (χ3n) is 6.51. The molecule has 6 nitrogen and oxygen atoms in total. The zero-order chi connectivity index (χ0) is 24.4. The van der Waals surface area contributed by atoms with Gasteiger partial charge in [0.1, 0.15) is 11.3 Å². The van der Waals surface area contributed by atoms with Crippen molar-refractivity contribution in [1.29, 1.82) is 0 Å². The van der Waals surface area contributed by atoms with Gasteiger partial charge in [-0.1, -0.05) is 17.8 Å². The van der Waals surface area contributed by atoms with E-state index in [-0.39, 0.29) is 5.75 Å². The number of rotatable bonds is 2. The van der Waals surface area contributed by atoms with Crippen molar-refractivity contribution in [3.05, 3.63) is 77.4 Å². The van der Waals surface area contributed by atoms with E-state index in [0.29, 0.717) is 57.6 Å². The Morgan fingerprint density at radius 1 is 1.09 bits per heavy atom. The summed E-state index contributed by atoms with van der Waals surface area (Å²) in [4.78, 5) is 12.8. The third kappa shape index (κ3) is 3.61. The highest BCUT2D eigenvalue weighted by Gasteiger charge is 2.47. The quantitative estimate of drug-likeness (QED) is 0.482. The highest BCUT2D eigenvalue weighted by Crippen LogP contribution is 2.54. The van der Waals surface area contributed by atoms with Crippen LogP contribution in [0.1, 0.15) is 37.1 Å². The number of nitrogens with zero attached hydrogens (tertiary/aromatic N) is 3. The molecule has 0 unspecified atom stereocenters. The minimum absolute atomic E-state index is 0.0347. The Morgan fingerprint density at radius 2 is 1.94 bits per heavy atom. The molecule has 5 heterocycles. The molecule has 35 heavy (non-hydrogen) atoms. The van der Waals surface area contributed by atoms with Gasteiger partial charge in [-0.3, -0.25) is 0 Å². The summed E-state index contributed by atoms with van der Waals surface area (Å²) >= 11 is 1.39. The van der Waals surface area contributed by atoms with Crippen LogP contribution >= 0.6 is 11.8 Å². The largest absolute Gasteiger partial charge is 0.452 e. The van der Waals surface area contributed by atoms with Crippen LogP contribution in [-0.4, -0.2) is 33.1 Å². The van der Waals surface area contributed by atoms with Crippen LogP contribution in [0.15, 0.2) is 53.7 Å². The first-order valence-corrected chi connectivity index (χ1v) is 12.2. The van der Waals surface area contributed by atoms with Crippen molar-refractivity contribution in [2.24, 2.45) is 10.7 Å². The highest BCUT2D eigenvalue weighted by molar-refractivity contribution is 8.14. The lowest BCUT2D eigenvalue weighted by atomic mass is 9.80. The van der Waals surface area contributed by atoms with E-state index < -0.39 is 23.0 Å². The molecule has 178 valence electrons. The van der Waals surface area contributed by atoms with Gasteiger partial charge in [-0.05, 0) is 67.8 Å². The first-order chi connectivity index (χ1) is 16.8. The molecular formula is C26H22F2N4O2S. The minimum atomic E-state index is -0.994. The van der Waals surface area contributed by atoms with Gasteiger partial charge in [0.2, 0.25) is 5.95 Å².